The molecule has 1 aromatic rings. The molecule has 6 heteroatoms. The Labute approximate surface area is 116 Å². The van der Waals surface area contributed by atoms with Gasteiger partial charge in [0.15, 0.2) is 0 Å². The SMILES string of the molecule is Fc1cccc(CNC2CCCC2)c1.O=C(O)C(=O)O. The van der Waals surface area contributed by atoms with E-state index in [2.05, 4.69) is 5.32 Å². The first kappa shape index (κ1) is 16.1. The molecule has 0 saturated heterocycles. The number of carboxylic acids is 2. The first-order chi connectivity index (χ1) is 9.49. The van der Waals surface area contributed by atoms with E-state index in [-0.39, 0.29) is 5.82 Å². The van der Waals surface area contributed by atoms with Gasteiger partial charge in [-0.2, -0.15) is 0 Å². The molecule has 0 spiro atoms. The highest BCUT2D eigenvalue weighted by Crippen LogP contribution is 2.18. The normalized spacial score (nSPS) is 14.4. The van der Waals surface area contributed by atoms with E-state index < -0.39 is 11.9 Å². The molecule has 0 atom stereocenters. The molecule has 20 heavy (non-hydrogen) atoms. The van der Waals surface area contributed by atoms with Gasteiger partial charge in [-0.1, -0.05) is 25.0 Å². The van der Waals surface area contributed by atoms with Crippen molar-refractivity contribution in [3.63, 3.8) is 0 Å². The fraction of sp³-hybridized carbons (Fsp3) is 0.429. The van der Waals surface area contributed by atoms with Crippen LogP contribution in [0, 0.1) is 5.82 Å². The summed E-state index contributed by atoms with van der Waals surface area (Å²) in [7, 11) is 0. The molecule has 0 aliphatic heterocycles. The van der Waals surface area contributed by atoms with Crippen LogP contribution in [0.4, 0.5) is 4.39 Å². The predicted molar refractivity (Wildman–Crippen MR) is 70.8 cm³/mol. The topological polar surface area (TPSA) is 86.6 Å². The van der Waals surface area contributed by atoms with Gasteiger partial charge < -0.3 is 15.5 Å². The van der Waals surface area contributed by atoms with Crippen LogP contribution >= 0.6 is 0 Å². The Hall–Kier alpha value is -1.95. The van der Waals surface area contributed by atoms with E-state index in [1.54, 1.807) is 12.1 Å². The van der Waals surface area contributed by atoms with Gasteiger partial charge in [0.05, 0.1) is 0 Å². The van der Waals surface area contributed by atoms with Crippen molar-refractivity contribution in [2.24, 2.45) is 0 Å². The van der Waals surface area contributed by atoms with Crippen LogP contribution in [0.5, 0.6) is 0 Å². The average molecular weight is 283 g/mol. The summed E-state index contributed by atoms with van der Waals surface area (Å²) in [6, 6.07) is 7.46. The highest BCUT2D eigenvalue weighted by atomic mass is 19.1. The second kappa shape index (κ2) is 8.27. The number of nitrogens with one attached hydrogen (secondary N) is 1. The van der Waals surface area contributed by atoms with Gasteiger partial charge >= 0.3 is 11.9 Å². The molecule has 0 unspecified atom stereocenters. The van der Waals surface area contributed by atoms with Crippen LogP contribution in [0.25, 0.3) is 0 Å². The van der Waals surface area contributed by atoms with Gasteiger partial charge in [0.2, 0.25) is 0 Å². The van der Waals surface area contributed by atoms with E-state index in [1.807, 2.05) is 6.07 Å². The molecule has 3 N–H and O–H groups in total. The van der Waals surface area contributed by atoms with Crippen LogP contribution in [0.1, 0.15) is 31.2 Å². The van der Waals surface area contributed by atoms with Crippen molar-refractivity contribution in [2.45, 2.75) is 38.3 Å². The molecule has 110 valence electrons. The van der Waals surface area contributed by atoms with Crippen molar-refractivity contribution in [1.29, 1.82) is 0 Å². The monoisotopic (exact) mass is 283 g/mol. The van der Waals surface area contributed by atoms with Gasteiger partial charge in [-0.25, -0.2) is 14.0 Å². The van der Waals surface area contributed by atoms with Gasteiger partial charge in [-0.3, -0.25) is 0 Å². The zero-order valence-corrected chi connectivity index (χ0v) is 11.0. The lowest BCUT2D eigenvalue weighted by Crippen LogP contribution is -2.25. The molecule has 0 aromatic heterocycles. The number of benzene rings is 1. The predicted octanol–water partition coefficient (Wildman–Crippen LogP) is 2.01. The fourth-order valence-corrected chi connectivity index (χ4v) is 2.04. The Morgan fingerprint density at radius 3 is 2.30 bits per heavy atom. The van der Waals surface area contributed by atoms with E-state index in [0.717, 1.165) is 12.1 Å². The third-order valence-corrected chi connectivity index (χ3v) is 3.02. The van der Waals surface area contributed by atoms with Crippen LogP contribution in [-0.2, 0) is 16.1 Å². The molecule has 0 bridgehead atoms. The van der Waals surface area contributed by atoms with Gasteiger partial charge in [-0.15, -0.1) is 0 Å². The lowest BCUT2D eigenvalue weighted by molar-refractivity contribution is -0.159. The highest BCUT2D eigenvalue weighted by molar-refractivity contribution is 6.27. The minimum Gasteiger partial charge on any atom is -0.473 e. The Balaban J connectivity index is 0.000000286. The first-order valence-corrected chi connectivity index (χ1v) is 6.43. The molecule has 1 aromatic carbocycles. The Kier molecular flexibility index (Phi) is 6.66. The molecule has 1 aliphatic carbocycles. The second-order valence-electron chi connectivity index (χ2n) is 4.60. The molecular formula is C14H18FNO4. The Morgan fingerprint density at radius 2 is 1.80 bits per heavy atom. The maximum absolute atomic E-state index is 12.8. The van der Waals surface area contributed by atoms with Gasteiger partial charge in [-0.05, 0) is 30.5 Å². The van der Waals surface area contributed by atoms with Crippen LogP contribution < -0.4 is 5.32 Å². The van der Waals surface area contributed by atoms with Crippen molar-refractivity contribution in [2.75, 3.05) is 0 Å². The van der Waals surface area contributed by atoms with Crippen molar-refractivity contribution in [1.82, 2.24) is 5.32 Å². The zero-order chi connectivity index (χ0) is 15.0. The maximum Gasteiger partial charge on any atom is 0.414 e. The summed E-state index contributed by atoms with van der Waals surface area (Å²) in [4.78, 5) is 18.2. The minimum absolute atomic E-state index is 0.143. The number of carboxylic acid groups (broad SMARTS) is 2. The summed E-state index contributed by atoms with van der Waals surface area (Å²) in [6.45, 7) is 0.794. The van der Waals surface area contributed by atoms with Gasteiger partial charge in [0, 0.05) is 12.6 Å². The van der Waals surface area contributed by atoms with E-state index >= 15 is 0 Å². The van der Waals surface area contributed by atoms with Crippen molar-refractivity contribution in [3.8, 4) is 0 Å². The quantitative estimate of drug-likeness (QED) is 0.739. The summed E-state index contributed by atoms with van der Waals surface area (Å²) in [5.74, 6) is -3.79. The van der Waals surface area contributed by atoms with Crippen LogP contribution in [0.15, 0.2) is 24.3 Å². The molecule has 0 amide bonds. The zero-order valence-electron chi connectivity index (χ0n) is 11.0. The summed E-state index contributed by atoms with van der Waals surface area (Å²) < 4.78 is 12.8. The summed E-state index contributed by atoms with van der Waals surface area (Å²) in [5, 5.41) is 18.2. The Bertz CT molecular complexity index is 446. The van der Waals surface area contributed by atoms with E-state index in [1.165, 1.54) is 31.7 Å². The van der Waals surface area contributed by atoms with Crippen LogP contribution in [0.3, 0.4) is 0 Å². The largest absolute Gasteiger partial charge is 0.473 e. The standard InChI is InChI=1S/C12H16FN.C2H2O4/c13-11-5-3-4-10(8-11)9-14-12-6-1-2-7-12;3-1(4)2(5)6/h3-5,8,12,14H,1-2,6-7,9H2;(H,3,4)(H,5,6). The fourth-order valence-electron chi connectivity index (χ4n) is 2.04. The van der Waals surface area contributed by atoms with Crippen LogP contribution in [-0.4, -0.2) is 28.2 Å². The van der Waals surface area contributed by atoms with Crippen molar-refractivity contribution >= 4 is 11.9 Å². The highest BCUT2D eigenvalue weighted by Gasteiger charge is 2.13. The summed E-state index contributed by atoms with van der Waals surface area (Å²) >= 11 is 0. The molecule has 5 nitrogen and oxygen atoms in total. The number of carbonyl (C=O) groups is 2. The lowest BCUT2D eigenvalue weighted by atomic mass is 10.2. The van der Waals surface area contributed by atoms with Gasteiger partial charge in [0.25, 0.3) is 0 Å². The number of halogens is 1. The molecule has 0 heterocycles. The molecule has 1 saturated carbocycles. The number of aliphatic carboxylic acids is 2. The molecule has 0 radical (unpaired) electrons. The average Bonchev–Trinajstić information content (AvgIpc) is 2.90. The minimum atomic E-state index is -1.82. The summed E-state index contributed by atoms with van der Waals surface area (Å²) in [5.41, 5.74) is 1.04. The third kappa shape index (κ3) is 6.29. The Morgan fingerprint density at radius 1 is 1.20 bits per heavy atom. The first-order valence-electron chi connectivity index (χ1n) is 6.43. The number of rotatable bonds is 3. The van der Waals surface area contributed by atoms with E-state index in [9.17, 15) is 4.39 Å². The summed E-state index contributed by atoms with van der Waals surface area (Å²) in [6.07, 6.45) is 5.21. The smallest absolute Gasteiger partial charge is 0.414 e. The van der Waals surface area contributed by atoms with Crippen LogP contribution in [0.2, 0.25) is 0 Å². The second-order valence-corrected chi connectivity index (χ2v) is 4.60. The van der Waals surface area contributed by atoms with E-state index in [4.69, 9.17) is 19.8 Å². The maximum atomic E-state index is 12.8. The third-order valence-electron chi connectivity index (χ3n) is 3.02. The molecule has 1 fully saturated rings. The van der Waals surface area contributed by atoms with Gasteiger partial charge in [0.1, 0.15) is 5.82 Å². The van der Waals surface area contributed by atoms with E-state index in [0.29, 0.717) is 6.04 Å². The van der Waals surface area contributed by atoms with Crippen molar-refractivity contribution < 1.29 is 24.2 Å². The number of hydrogen-bond acceptors (Lipinski definition) is 3. The molecule has 1 aliphatic rings. The number of hydrogen-bond donors (Lipinski definition) is 3. The lowest BCUT2D eigenvalue weighted by Gasteiger charge is -2.11. The molecular weight excluding hydrogens is 265 g/mol. The molecule has 2 rings (SSSR count). The van der Waals surface area contributed by atoms with Crippen molar-refractivity contribution in [3.05, 3.63) is 35.6 Å².